The number of carbonyl (C=O) groups is 2. The number of aryl methyl sites for hydroxylation is 2. The molecule has 37 heavy (non-hydrogen) atoms. The Morgan fingerprint density at radius 2 is 1.89 bits per heavy atom. The van der Waals surface area contributed by atoms with Gasteiger partial charge in [0, 0.05) is 26.6 Å². The van der Waals surface area contributed by atoms with E-state index in [1.165, 1.54) is 28.4 Å². The van der Waals surface area contributed by atoms with Gasteiger partial charge in [-0.1, -0.05) is 31.4 Å². The Morgan fingerprint density at radius 3 is 2.62 bits per heavy atom. The second kappa shape index (κ2) is 11.9. The van der Waals surface area contributed by atoms with Crippen LogP contribution in [0.1, 0.15) is 63.0 Å². The van der Waals surface area contributed by atoms with E-state index in [1.807, 2.05) is 12.1 Å². The first-order valence-corrected chi connectivity index (χ1v) is 13.3. The van der Waals surface area contributed by atoms with Crippen molar-refractivity contribution in [3.05, 3.63) is 34.2 Å². The van der Waals surface area contributed by atoms with Crippen LogP contribution < -0.4 is 11.0 Å². The van der Waals surface area contributed by atoms with E-state index in [0.717, 1.165) is 18.4 Å². The lowest BCUT2D eigenvalue weighted by Gasteiger charge is -2.29. The molecular weight excluding hydrogens is 482 g/mol. The third-order valence-corrected chi connectivity index (χ3v) is 7.55. The van der Waals surface area contributed by atoms with E-state index in [2.05, 4.69) is 5.32 Å². The van der Waals surface area contributed by atoms with E-state index >= 15 is 0 Å². The van der Waals surface area contributed by atoms with Crippen molar-refractivity contribution in [2.24, 2.45) is 13.0 Å². The summed E-state index contributed by atoms with van der Waals surface area (Å²) in [4.78, 5) is 38.7. The van der Waals surface area contributed by atoms with Crippen LogP contribution in [0.4, 0.5) is 8.78 Å². The molecule has 1 aromatic heterocycles. The highest BCUT2D eigenvalue weighted by molar-refractivity contribution is 6.00. The van der Waals surface area contributed by atoms with Crippen molar-refractivity contribution in [3.63, 3.8) is 0 Å². The Balaban J connectivity index is 1.31. The minimum absolute atomic E-state index is 0.178. The zero-order valence-electron chi connectivity index (χ0n) is 21.8. The van der Waals surface area contributed by atoms with Crippen LogP contribution in [0.15, 0.2) is 23.0 Å². The zero-order chi connectivity index (χ0) is 26.6. The van der Waals surface area contributed by atoms with Gasteiger partial charge in [0.05, 0.1) is 17.6 Å². The molecule has 1 aliphatic carbocycles. The molecule has 0 bridgehead atoms. The number of para-hydroxylation sites is 1. The summed E-state index contributed by atoms with van der Waals surface area (Å²) in [6.07, 6.45) is 7.40. The summed E-state index contributed by atoms with van der Waals surface area (Å²) in [6, 6.07) is 4.75. The zero-order valence-corrected chi connectivity index (χ0v) is 21.8. The van der Waals surface area contributed by atoms with Gasteiger partial charge in [0.2, 0.25) is 11.8 Å². The summed E-state index contributed by atoms with van der Waals surface area (Å²) < 4.78 is 37.2. The van der Waals surface area contributed by atoms with Gasteiger partial charge in [-0.3, -0.25) is 24.0 Å². The quantitative estimate of drug-likeness (QED) is 0.363. The molecule has 1 saturated carbocycles. The summed E-state index contributed by atoms with van der Waals surface area (Å²) in [5.74, 6) is -3.21. The number of ether oxygens (including phenoxy) is 1. The lowest BCUT2D eigenvalue weighted by molar-refractivity contribution is -0.135. The van der Waals surface area contributed by atoms with Crippen molar-refractivity contribution in [1.29, 1.82) is 0 Å². The van der Waals surface area contributed by atoms with Gasteiger partial charge in [-0.15, -0.1) is 0 Å². The number of hydrogen-bond acceptors (Lipinski definition) is 5. The number of benzene rings is 1. The Bertz CT molecular complexity index is 1170. The topological polar surface area (TPSA) is 85.6 Å². The van der Waals surface area contributed by atoms with E-state index < -0.39 is 24.5 Å². The molecule has 1 saturated heterocycles. The molecular formula is C27H38F2N4O4. The maximum atomic E-state index is 14.5. The molecule has 4 rings (SSSR count). The highest BCUT2D eigenvalue weighted by atomic mass is 19.3. The van der Waals surface area contributed by atoms with Crippen LogP contribution in [0.25, 0.3) is 11.0 Å². The summed E-state index contributed by atoms with van der Waals surface area (Å²) >= 11 is 0. The number of aromatic nitrogens is 2. The Kier molecular flexibility index (Phi) is 8.79. The van der Waals surface area contributed by atoms with Gasteiger partial charge in [-0.2, -0.15) is 0 Å². The molecule has 8 nitrogen and oxygen atoms in total. The minimum Gasteiger partial charge on any atom is -0.375 e. The fourth-order valence-corrected chi connectivity index (χ4v) is 5.85. The second-order valence-electron chi connectivity index (χ2n) is 10.7. The number of fused-ring (bicyclic) bond motifs is 1. The predicted molar refractivity (Wildman–Crippen MR) is 137 cm³/mol. The standard InChI is InChI=1S/C27H38F2N4O4/c1-31(16-19-8-4-3-5-9-19)17-27(28,29)18-37-15-7-11-20-10-6-12-21-24(20)32(2)26(36)33(21)22-13-14-23(34)30-25(22)35/h6,10,12,19,22H,3-5,7-9,11,13-18H2,1-2H3,(H,30,34,35). The molecule has 1 aliphatic heterocycles. The van der Waals surface area contributed by atoms with Crippen molar-refractivity contribution in [2.75, 3.05) is 33.4 Å². The first-order valence-electron chi connectivity index (χ1n) is 13.3. The molecule has 2 aliphatic rings. The fourth-order valence-electron chi connectivity index (χ4n) is 5.85. The molecule has 2 fully saturated rings. The third kappa shape index (κ3) is 6.65. The summed E-state index contributed by atoms with van der Waals surface area (Å²) in [5, 5.41) is 2.31. The van der Waals surface area contributed by atoms with E-state index in [4.69, 9.17) is 4.74 Å². The van der Waals surface area contributed by atoms with Crippen LogP contribution in [-0.2, 0) is 27.8 Å². The number of hydrogen-bond donors (Lipinski definition) is 1. The molecule has 1 unspecified atom stereocenters. The van der Waals surface area contributed by atoms with Crippen molar-refractivity contribution < 1.29 is 23.1 Å². The molecule has 2 heterocycles. The van der Waals surface area contributed by atoms with Crippen LogP contribution in [-0.4, -0.2) is 65.1 Å². The molecule has 204 valence electrons. The van der Waals surface area contributed by atoms with Crippen molar-refractivity contribution in [1.82, 2.24) is 19.4 Å². The first-order chi connectivity index (χ1) is 17.7. The van der Waals surface area contributed by atoms with Gasteiger partial charge >= 0.3 is 5.69 Å². The van der Waals surface area contributed by atoms with Crippen molar-refractivity contribution >= 4 is 22.8 Å². The highest BCUT2D eigenvalue weighted by Gasteiger charge is 2.33. The summed E-state index contributed by atoms with van der Waals surface area (Å²) in [6.45, 7) is -0.0355. The molecule has 2 amide bonds. The summed E-state index contributed by atoms with van der Waals surface area (Å²) in [7, 11) is 3.41. The number of carbonyl (C=O) groups excluding carboxylic acids is 2. The van der Waals surface area contributed by atoms with E-state index in [1.54, 1.807) is 25.1 Å². The van der Waals surface area contributed by atoms with Gasteiger partial charge < -0.3 is 9.64 Å². The number of alkyl halides is 2. The van der Waals surface area contributed by atoms with E-state index in [0.29, 0.717) is 36.3 Å². The number of rotatable bonds is 11. The molecule has 10 heteroatoms. The number of imide groups is 1. The normalized spacial score (nSPS) is 19.6. The van der Waals surface area contributed by atoms with Gasteiger partial charge in [0.25, 0.3) is 5.92 Å². The van der Waals surface area contributed by atoms with Crippen LogP contribution in [0, 0.1) is 5.92 Å². The lowest BCUT2D eigenvalue weighted by atomic mass is 9.89. The Morgan fingerprint density at radius 1 is 1.14 bits per heavy atom. The third-order valence-electron chi connectivity index (χ3n) is 7.55. The van der Waals surface area contributed by atoms with Gasteiger partial charge in [-0.05, 0) is 56.7 Å². The largest absolute Gasteiger partial charge is 0.375 e. The van der Waals surface area contributed by atoms with Gasteiger partial charge in [-0.25, -0.2) is 13.6 Å². The fraction of sp³-hybridized carbons (Fsp3) is 0.667. The monoisotopic (exact) mass is 520 g/mol. The molecule has 1 aromatic carbocycles. The number of nitrogens with zero attached hydrogens (tertiary/aromatic N) is 3. The average Bonchev–Trinajstić information content (AvgIpc) is 3.09. The predicted octanol–water partition coefficient (Wildman–Crippen LogP) is 3.41. The molecule has 1 N–H and O–H groups in total. The second-order valence-corrected chi connectivity index (χ2v) is 10.7. The Labute approximate surface area is 215 Å². The number of piperidine rings is 1. The van der Waals surface area contributed by atoms with Crippen LogP contribution >= 0.6 is 0 Å². The number of nitrogens with one attached hydrogen (secondary N) is 1. The first kappa shape index (κ1) is 27.4. The lowest BCUT2D eigenvalue weighted by Crippen LogP contribution is -2.44. The Hall–Kier alpha value is -2.59. The van der Waals surface area contributed by atoms with Crippen LogP contribution in [0.5, 0.6) is 0 Å². The smallest absolute Gasteiger partial charge is 0.329 e. The van der Waals surface area contributed by atoms with Gasteiger partial charge in [0.15, 0.2) is 0 Å². The average molecular weight is 521 g/mol. The molecule has 1 atom stereocenters. The maximum absolute atomic E-state index is 14.5. The minimum atomic E-state index is -2.91. The van der Waals surface area contributed by atoms with Crippen LogP contribution in [0.2, 0.25) is 0 Å². The number of imidazole rings is 1. The van der Waals surface area contributed by atoms with E-state index in [9.17, 15) is 23.2 Å². The van der Waals surface area contributed by atoms with E-state index in [-0.39, 0.29) is 37.6 Å². The van der Waals surface area contributed by atoms with Crippen molar-refractivity contribution in [2.45, 2.75) is 69.8 Å². The molecule has 2 aromatic rings. The highest BCUT2D eigenvalue weighted by Crippen LogP contribution is 2.27. The number of halogens is 2. The molecule has 0 spiro atoms. The van der Waals surface area contributed by atoms with Gasteiger partial charge in [0.1, 0.15) is 12.6 Å². The van der Waals surface area contributed by atoms with Crippen LogP contribution in [0.3, 0.4) is 0 Å². The summed E-state index contributed by atoms with van der Waals surface area (Å²) in [5.41, 5.74) is 1.87. The number of amides is 2. The maximum Gasteiger partial charge on any atom is 0.329 e. The molecule has 0 radical (unpaired) electrons. The SMILES string of the molecule is CN(CC1CCCCC1)CC(F)(F)COCCCc1cccc2c1n(C)c(=O)n2C1CCC(=O)NC1=O. The van der Waals surface area contributed by atoms with Crippen molar-refractivity contribution in [3.8, 4) is 0 Å².